The van der Waals surface area contributed by atoms with Crippen LogP contribution >= 0.6 is 0 Å². The van der Waals surface area contributed by atoms with Crippen molar-refractivity contribution in [1.82, 2.24) is 15.0 Å². The van der Waals surface area contributed by atoms with Crippen molar-refractivity contribution < 1.29 is 4.92 Å². The molecule has 0 radical (unpaired) electrons. The predicted octanol–water partition coefficient (Wildman–Crippen LogP) is 1.96. The number of nitrogens with zero attached hydrogens (tertiary/aromatic N) is 4. The van der Waals surface area contributed by atoms with Gasteiger partial charge in [-0.15, -0.1) is 0 Å². The molecular weight excluding hydrogens is 286 g/mol. The third kappa shape index (κ3) is 2.36. The van der Waals surface area contributed by atoms with E-state index in [1.165, 1.54) is 6.33 Å². The molecule has 2 aromatic heterocycles. The van der Waals surface area contributed by atoms with Crippen molar-refractivity contribution in [1.29, 1.82) is 0 Å². The van der Waals surface area contributed by atoms with E-state index < -0.39 is 4.92 Å². The molecule has 2 heterocycles. The lowest BCUT2D eigenvalue weighted by Crippen LogP contribution is -2.12. The summed E-state index contributed by atoms with van der Waals surface area (Å²) in [7, 11) is 0. The van der Waals surface area contributed by atoms with Crippen LogP contribution in [0.25, 0.3) is 10.9 Å². The highest BCUT2D eigenvalue weighted by Crippen LogP contribution is 2.32. The van der Waals surface area contributed by atoms with Crippen LogP contribution in [0.5, 0.6) is 0 Å². The summed E-state index contributed by atoms with van der Waals surface area (Å²) in [6, 6.07) is 9.19. The predicted molar refractivity (Wildman–Crippen MR) is 81.5 cm³/mol. The molecule has 9 nitrogen and oxygen atoms in total. The average Bonchev–Trinajstić information content (AvgIpc) is 2.54. The summed E-state index contributed by atoms with van der Waals surface area (Å²) in [4.78, 5) is 22.6. The highest BCUT2D eigenvalue weighted by atomic mass is 16.6. The molecule has 0 bridgehead atoms. The van der Waals surface area contributed by atoms with Gasteiger partial charge in [-0.3, -0.25) is 15.1 Å². The van der Waals surface area contributed by atoms with Crippen molar-refractivity contribution in [3.63, 3.8) is 0 Å². The first-order valence-corrected chi connectivity index (χ1v) is 6.27. The maximum Gasteiger partial charge on any atom is 0.354 e. The van der Waals surface area contributed by atoms with Crippen LogP contribution < -0.4 is 16.6 Å². The molecule has 0 unspecified atom stereocenters. The highest BCUT2D eigenvalue weighted by molar-refractivity contribution is 5.92. The molecule has 0 spiro atoms. The summed E-state index contributed by atoms with van der Waals surface area (Å²) in [6.45, 7) is 0. The van der Waals surface area contributed by atoms with Crippen LogP contribution in [0.3, 0.4) is 0 Å². The SMILES string of the molecule is NNc1ncnc(Nc2cccc3cccnc23)c1[N+](=O)[O-]. The first-order chi connectivity index (χ1) is 10.7. The van der Waals surface area contributed by atoms with Crippen LogP contribution in [0, 0.1) is 10.1 Å². The van der Waals surface area contributed by atoms with E-state index in [1.807, 2.05) is 24.3 Å². The molecule has 0 fully saturated rings. The van der Waals surface area contributed by atoms with Crippen LogP contribution in [0.4, 0.5) is 23.0 Å². The number of aromatic nitrogens is 3. The molecule has 0 saturated heterocycles. The van der Waals surface area contributed by atoms with Gasteiger partial charge in [-0.05, 0) is 12.1 Å². The minimum Gasteiger partial charge on any atom is -0.332 e. The number of para-hydroxylation sites is 1. The minimum absolute atomic E-state index is 0.0334. The Labute approximate surface area is 124 Å². The first-order valence-electron chi connectivity index (χ1n) is 6.27. The number of nitrogens with two attached hydrogens (primary N) is 1. The maximum atomic E-state index is 11.2. The number of benzene rings is 1. The summed E-state index contributed by atoms with van der Waals surface area (Å²) in [5.41, 5.74) is 3.14. The van der Waals surface area contributed by atoms with Gasteiger partial charge < -0.3 is 10.7 Å². The fourth-order valence-electron chi connectivity index (χ4n) is 2.08. The van der Waals surface area contributed by atoms with Gasteiger partial charge in [0.25, 0.3) is 0 Å². The van der Waals surface area contributed by atoms with Gasteiger partial charge in [-0.25, -0.2) is 15.8 Å². The number of nitrogens with one attached hydrogen (secondary N) is 2. The first kappa shape index (κ1) is 13.6. The number of hydrazine groups is 1. The number of pyridine rings is 1. The number of nitro groups is 1. The Kier molecular flexibility index (Phi) is 3.46. The van der Waals surface area contributed by atoms with Crippen molar-refractivity contribution >= 4 is 33.9 Å². The molecule has 3 rings (SSSR count). The molecule has 110 valence electrons. The second-order valence-electron chi connectivity index (χ2n) is 4.33. The number of hydrogen-bond donors (Lipinski definition) is 3. The number of hydrogen-bond acceptors (Lipinski definition) is 8. The van der Waals surface area contributed by atoms with E-state index in [4.69, 9.17) is 5.84 Å². The number of rotatable bonds is 4. The monoisotopic (exact) mass is 297 g/mol. The molecule has 0 aliphatic carbocycles. The highest BCUT2D eigenvalue weighted by Gasteiger charge is 2.23. The lowest BCUT2D eigenvalue weighted by molar-refractivity contribution is -0.383. The Morgan fingerprint density at radius 2 is 1.86 bits per heavy atom. The fourth-order valence-corrected chi connectivity index (χ4v) is 2.08. The number of fused-ring (bicyclic) bond motifs is 1. The van der Waals surface area contributed by atoms with Crippen molar-refractivity contribution in [3.05, 3.63) is 53.0 Å². The minimum atomic E-state index is -0.601. The lowest BCUT2D eigenvalue weighted by atomic mass is 10.2. The van der Waals surface area contributed by atoms with Crippen molar-refractivity contribution in [2.75, 3.05) is 10.7 Å². The molecule has 0 aliphatic heterocycles. The van der Waals surface area contributed by atoms with Gasteiger partial charge in [0, 0.05) is 11.6 Å². The third-order valence-corrected chi connectivity index (χ3v) is 3.03. The summed E-state index contributed by atoms with van der Waals surface area (Å²) >= 11 is 0. The Morgan fingerprint density at radius 1 is 1.09 bits per heavy atom. The zero-order valence-corrected chi connectivity index (χ0v) is 11.2. The second kappa shape index (κ2) is 5.58. The van der Waals surface area contributed by atoms with Gasteiger partial charge in [0.05, 0.1) is 16.1 Å². The van der Waals surface area contributed by atoms with Crippen molar-refractivity contribution in [2.45, 2.75) is 0 Å². The topological polar surface area (TPSA) is 132 Å². The van der Waals surface area contributed by atoms with Crippen LogP contribution in [0.2, 0.25) is 0 Å². The second-order valence-corrected chi connectivity index (χ2v) is 4.33. The van der Waals surface area contributed by atoms with Crippen LogP contribution in [0.1, 0.15) is 0 Å². The third-order valence-electron chi connectivity index (χ3n) is 3.03. The van der Waals surface area contributed by atoms with Crippen LogP contribution in [-0.4, -0.2) is 19.9 Å². The standard InChI is InChI=1S/C13H11N7O2/c14-19-13-11(20(21)22)12(16-7-17-13)18-9-5-1-3-8-4-2-6-15-10(8)9/h1-7H,14H2,(H2,16,17,18,19). The van der Waals surface area contributed by atoms with E-state index in [0.29, 0.717) is 11.2 Å². The molecule has 0 amide bonds. The molecule has 0 saturated carbocycles. The van der Waals surface area contributed by atoms with E-state index in [0.717, 1.165) is 5.39 Å². The van der Waals surface area contributed by atoms with E-state index in [2.05, 4.69) is 25.7 Å². The molecule has 9 heteroatoms. The van der Waals surface area contributed by atoms with E-state index >= 15 is 0 Å². The largest absolute Gasteiger partial charge is 0.354 e. The van der Waals surface area contributed by atoms with Crippen molar-refractivity contribution in [2.24, 2.45) is 5.84 Å². The molecule has 1 aromatic carbocycles. The van der Waals surface area contributed by atoms with Gasteiger partial charge in [0.2, 0.25) is 11.6 Å². The fraction of sp³-hybridized carbons (Fsp3) is 0. The number of anilines is 3. The molecule has 0 atom stereocenters. The quantitative estimate of drug-likeness (QED) is 0.378. The van der Waals surface area contributed by atoms with Gasteiger partial charge in [-0.2, -0.15) is 0 Å². The smallest absolute Gasteiger partial charge is 0.332 e. The zero-order chi connectivity index (χ0) is 15.5. The molecule has 0 aliphatic rings. The molecular formula is C13H11N7O2. The summed E-state index contributed by atoms with van der Waals surface area (Å²) in [5.74, 6) is 5.22. The Balaban J connectivity index is 2.11. The Hall–Kier alpha value is -3.33. The van der Waals surface area contributed by atoms with Gasteiger partial charge in [0.15, 0.2) is 0 Å². The Bertz CT molecular complexity index is 847. The van der Waals surface area contributed by atoms with Crippen LogP contribution in [-0.2, 0) is 0 Å². The summed E-state index contributed by atoms with van der Waals surface area (Å²) in [6.07, 6.45) is 2.83. The maximum absolute atomic E-state index is 11.2. The van der Waals surface area contributed by atoms with Crippen molar-refractivity contribution in [3.8, 4) is 0 Å². The van der Waals surface area contributed by atoms with Gasteiger partial charge >= 0.3 is 5.69 Å². The zero-order valence-electron chi connectivity index (χ0n) is 11.2. The lowest BCUT2D eigenvalue weighted by Gasteiger charge is -2.09. The van der Waals surface area contributed by atoms with E-state index in [1.54, 1.807) is 12.3 Å². The van der Waals surface area contributed by atoms with E-state index in [9.17, 15) is 10.1 Å². The summed E-state index contributed by atoms with van der Waals surface area (Å²) in [5, 5.41) is 15.1. The van der Waals surface area contributed by atoms with Gasteiger partial charge in [-0.1, -0.05) is 18.2 Å². The molecule has 3 aromatic rings. The number of nitrogen functional groups attached to an aromatic ring is 1. The molecule has 22 heavy (non-hydrogen) atoms. The molecule has 4 N–H and O–H groups in total. The Morgan fingerprint density at radius 3 is 2.64 bits per heavy atom. The van der Waals surface area contributed by atoms with E-state index in [-0.39, 0.29) is 17.3 Å². The average molecular weight is 297 g/mol. The summed E-state index contributed by atoms with van der Waals surface area (Å²) < 4.78 is 0. The van der Waals surface area contributed by atoms with Crippen LogP contribution in [0.15, 0.2) is 42.9 Å². The normalized spacial score (nSPS) is 10.4. The van der Waals surface area contributed by atoms with Gasteiger partial charge in [0.1, 0.15) is 6.33 Å².